The van der Waals surface area contributed by atoms with Crippen molar-refractivity contribution in [2.24, 2.45) is 0 Å². The van der Waals surface area contributed by atoms with Gasteiger partial charge in [-0.2, -0.15) is 13.1 Å². The Kier molecular flexibility index (Phi) is 4.33. The molecule has 0 amide bonds. The second kappa shape index (κ2) is 5.35. The van der Waals surface area contributed by atoms with Crippen LogP contribution in [-0.2, 0) is 10.2 Å². The fraction of sp³-hybridized carbons (Fsp3) is 0.222. The number of nitrogens with one attached hydrogen (secondary N) is 2. The normalized spacial score (nSPS) is 11.2. The number of aromatic carboxylic acids is 1. The van der Waals surface area contributed by atoms with E-state index in [4.69, 9.17) is 16.7 Å². The van der Waals surface area contributed by atoms with E-state index in [0.29, 0.717) is 0 Å². The Morgan fingerprint density at radius 2 is 2.12 bits per heavy atom. The van der Waals surface area contributed by atoms with Crippen LogP contribution in [0.15, 0.2) is 18.2 Å². The first kappa shape index (κ1) is 13.8. The highest BCUT2D eigenvalue weighted by atomic mass is 35.5. The third-order valence-electron chi connectivity index (χ3n) is 1.81. The molecule has 0 bridgehead atoms. The fourth-order valence-corrected chi connectivity index (χ4v) is 2.39. The number of para-hydroxylation sites is 1. The first-order valence-electron chi connectivity index (χ1n) is 4.66. The zero-order chi connectivity index (χ0) is 13.1. The summed E-state index contributed by atoms with van der Waals surface area (Å²) in [6, 6.07) is 4.09. The molecule has 0 saturated heterocycles. The Labute approximate surface area is 104 Å². The second-order valence-corrected chi connectivity index (χ2v) is 4.98. The van der Waals surface area contributed by atoms with Crippen LogP contribution in [0.3, 0.4) is 0 Å². The van der Waals surface area contributed by atoms with Crippen molar-refractivity contribution in [3.8, 4) is 0 Å². The molecule has 3 N–H and O–H groups in total. The number of carbonyl (C=O) groups is 1. The number of anilines is 1. The lowest BCUT2D eigenvalue weighted by atomic mass is 10.2. The summed E-state index contributed by atoms with van der Waals surface area (Å²) in [5.74, 6) is -1.26. The van der Waals surface area contributed by atoms with Crippen molar-refractivity contribution in [3.05, 3.63) is 28.8 Å². The molecule has 0 aliphatic rings. The topological polar surface area (TPSA) is 95.5 Å². The molecule has 94 valence electrons. The van der Waals surface area contributed by atoms with E-state index in [-0.39, 0.29) is 22.8 Å². The van der Waals surface area contributed by atoms with Crippen molar-refractivity contribution in [1.29, 1.82) is 0 Å². The Bertz CT molecular complexity index is 530. The summed E-state index contributed by atoms with van der Waals surface area (Å²) in [5, 5.41) is 8.92. The number of carboxylic acids is 1. The average Bonchev–Trinajstić information content (AvgIpc) is 2.20. The van der Waals surface area contributed by atoms with Gasteiger partial charge in [-0.25, -0.2) is 4.79 Å². The Morgan fingerprint density at radius 1 is 1.47 bits per heavy atom. The summed E-state index contributed by atoms with van der Waals surface area (Å²) >= 11 is 5.76. The van der Waals surface area contributed by atoms with E-state index in [0.717, 1.165) is 0 Å². The third kappa shape index (κ3) is 3.58. The summed E-state index contributed by atoms with van der Waals surface area (Å²) in [6.07, 6.45) is 0. The Hall–Kier alpha value is -1.31. The average molecular weight is 279 g/mol. The Morgan fingerprint density at radius 3 is 2.65 bits per heavy atom. The zero-order valence-electron chi connectivity index (χ0n) is 8.90. The predicted molar refractivity (Wildman–Crippen MR) is 64.6 cm³/mol. The molecule has 0 atom stereocenters. The van der Waals surface area contributed by atoms with E-state index < -0.39 is 16.2 Å². The Balaban J connectivity index is 3.18. The molecule has 0 radical (unpaired) electrons. The standard InChI is InChI=1S/C9H11ClN2O4S/c1-2-11-17(15,16)12-8-6(9(13)14)4-3-5-7(8)10/h3-5,11-12H,2H2,1H3,(H,13,14). The highest BCUT2D eigenvalue weighted by molar-refractivity contribution is 7.90. The van der Waals surface area contributed by atoms with Crippen LogP contribution >= 0.6 is 11.6 Å². The maximum absolute atomic E-state index is 11.5. The van der Waals surface area contributed by atoms with Gasteiger partial charge in [0, 0.05) is 6.54 Å². The minimum Gasteiger partial charge on any atom is -0.478 e. The first-order valence-corrected chi connectivity index (χ1v) is 6.52. The lowest BCUT2D eigenvalue weighted by Gasteiger charge is -2.11. The highest BCUT2D eigenvalue weighted by Crippen LogP contribution is 2.26. The van der Waals surface area contributed by atoms with Crippen molar-refractivity contribution in [2.45, 2.75) is 6.92 Å². The zero-order valence-corrected chi connectivity index (χ0v) is 10.5. The number of rotatable bonds is 5. The van der Waals surface area contributed by atoms with Crippen molar-refractivity contribution >= 4 is 33.5 Å². The van der Waals surface area contributed by atoms with E-state index in [2.05, 4.69) is 9.44 Å². The molecule has 1 rings (SSSR count). The van der Waals surface area contributed by atoms with Crippen molar-refractivity contribution in [3.63, 3.8) is 0 Å². The molecule has 1 aromatic rings. The third-order valence-corrected chi connectivity index (χ3v) is 3.27. The lowest BCUT2D eigenvalue weighted by molar-refractivity contribution is 0.0698. The van der Waals surface area contributed by atoms with Crippen molar-refractivity contribution in [2.75, 3.05) is 11.3 Å². The van der Waals surface area contributed by atoms with Gasteiger partial charge in [0.15, 0.2) is 0 Å². The van der Waals surface area contributed by atoms with Crippen LogP contribution in [-0.4, -0.2) is 26.0 Å². The van der Waals surface area contributed by atoms with Gasteiger partial charge < -0.3 is 5.11 Å². The van der Waals surface area contributed by atoms with E-state index in [9.17, 15) is 13.2 Å². The van der Waals surface area contributed by atoms with Gasteiger partial charge >= 0.3 is 5.97 Å². The van der Waals surface area contributed by atoms with Crippen LogP contribution in [0.25, 0.3) is 0 Å². The number of hydrogen-bond donors (Lipinski definition) is 3. The van der Waals surface area contributed by atoms with Crippen LogP contribution in [0.5, 0.6) is 0 Å². The smallest absolute Gasteiger partial charge is 0.337 e. The molecule has 0 aromatic heterocycles. The molecule has 0 saturated carbocycles. The molecule has 8 heteroatoms. The summed E-state index contributed by atoms with van der Waals surface area (Å²) < 4.78 is 27.2. The largest absolute Gasteiger partial charge is 0.478 e. The molecule has 6 nitrogen and oxygen atoms in total. The van der Waals surface area contributed by atoms with Crippen molar-refractivity contribution in [1.82, 2.24) is 4.72 Å². The quantitative estimate of drug-likeness (QED) is 0.756. The molecule has 0 unspecified atom stereocenters. The fourth-order valence-electron chi connectivity index (χ4n) is 1.17. The van der Waals surface area contributed by atoms with E-state index >= 15 is 0 Å². The van der Waals surface area contributed by atoms with Gasteiger partial charge in [-0.1, -0.05) is 24.6 Å². The first-order chi connectivity index (χ1) is 7.87. The van der Waals surface area contributed by atoms with Gasteiger partial charge in [-0.3, -0.25) is 4.72 Å². The molecule has 0 fully saturated rings. The van der Waals surface area contributed by atoms with Gasteiger partial charge in [0.05, 0.1) is 16.3 Å². The summed E-state index contributed by atoms with van der Waals surface area (Å²) in [7, 11) is -3.81. The number of benzene rings is 1. The molecule has 0 spiro atoms. The van der Waals surface area contributed by atoms with Gasteiger partial charge in [0.1, 0.15) is 0 Å². The molecule has 1 aromatic carbocycles. The maximum Gasteiger partial charge on any atom is 0.337 e. The second-order valence-electron chi connectivity index (χ2n) is 3.07. The molecule has 0 heterocycles. The maximum atomic E-state index is 11.5. The van der Waals surface area contributed by atoms with E-state index in [1.54, 1.807) is 6.92 Å². The van der Waals surface area contributed by atoms with Crippen LogP contribution in [0.2, 0.25) is 5.02 Å². The molecule has 17 heavy (non-hydrogen) atoms. The minimum absolute atomic E-state index is 0.0198. The molecular weight excluding hydrogens is 268 g/mol. The van der Waals surface area contributed by atoms with Gasteiger partial charge in [-0.05, 0) is 12.1 Å². The van der Waals surface area contributed by atoms with Crippen LogP contribution < -0.4 is 9.44 Å². The van der Waals surface area contributed by atoms with E-state index in [1.807, 2.05) is 0 Å². The minimum atomic E-state index is -3.81. The molecule has 0 aliphatic heterocycles. The van der Waals surface area contributed by atoms with Gasteiger partial charge in [0.2, 0.25) is 0 Å². The number of carboxylic acid groups (broad SMARTS) is 1. The SMILES string of the molecule is CCNS(=O)(=O)Nc1c(Cl)cccc1C(=O)O. The molecule has 0 aliphatic carbocycles. The monoisotopic (exact) mass is 278 g/mol. The summed E-state index contributed by atoms with van der Waals surface area (Å²) in [6.45, 7) is 1.78. The lowest BCUT2D eigenvalue weighted by Crippen LogP contribution is -2.30. The van der Waals surface area contributed by atoms with Crippen LogP contribution in [0, 0.1) is 0 Å². The highest BCUT2D eigenvalue weighted by Gasteiger charge is 2.17. The predicted octanol–water partition coefficient (Wildman–Crippen LogP) is 1.30. The van der Waals surface area contributed by atoms with Crippen molar-refractivity contribution < 1.29 is 18.3 Å². The van der Waals surface area contributed by atoms with E-state index in [1.165, 1.54) is 18.2 Å². The van der Waals surface area contributed by atoms with Gasteiger partial charge in [-0.15, -0.1) is 0 Å². The van der Waals surface area contributed by atoms with Crippen LogP contribution in [0.4, 0.5) is 5.69 Å². The molecular formula is C9H11ClN2O4S. The summed E-state index contributed by atoms with van der Waals surface area (Å²) in [5.41, 5.74) is -0.360. The summed E-state index contributed by atoms with van der Waals surface area (Å²) in [4.78, 5) is 10.9. The van der Waals surface area contributed by atoms with Gasteiger partial charge in [0.25, 0.3) is 10.2 Å². The number of hydrogen-bond acceptors (Lipinski definition) is 3. The van der Waals surface area contributed by atoms with Crippen LogP contribution in [0.1, 0.15) is 17.3 Å². The number of halogens is 1.